The van der Waals surface area contributed by atoms with Crippen LogP contribution in [0.15, 0.2) is 15.8 Å². The quantitative estimate of drug-likeness (QED) is 0.376. The van der Waals surface area contributed by atoms with Gasteiger partial charge in [0.15, 0.2) is 12.3 Å². The topological polar surface area (TPSA) is 117 Å². The van der Waals surface area contributed by atoms with Crippen molar-refractivity contribution in [3.8, 4) is 0 Å². The summed E-state index contributed by atoms with van der Waals surface area (Å²) < 4.78 is 17.0. The molecule has 11 heteroatoms. The maximum atomic E-state index is 12.0. The molecule has 0 aliphatic carbocycles. The second-order valence-electron chi connectivity index (χ2n) is 5.03. The fourth-order valence-corrected chi connectivity index (χ4v) is 3.06. The van der Waals surface area contributed by atoms with Crippen molar-refractivity contribution in [2.24, 2.45) is 0 Å². The Hall–Kier alpha value is -1.40. The molecule has 0 unspecified atom stereocenters. The van der Waals surface area contributed by atoms with Crippen molar-refractivity contribution >= 4 is 46.1 Å². The summed E-state index contributed by atoms with van der Waals surface area (Å²) in [5, 5.41) is -0.922. The van der Waals surface area contributed by atoms with Crippen molar-refractivity contribution in [3.63, 3.8) is 0 Å². The van der Waals surface area contributed by atoms with Crippen molar-refractivity contribution in [1.82, 2.24) is 9.55 Å². The minimum Gasteiger partial charge on any atom is -0.463 e. The number of alkyl halides is 1. The van der Waals surface area contributed by atoms with Gasteiger partial charge >= 0.3 is 17.6 Å². The number of carbonyl (C=O) groups is 2. The van der Waals surface area contributed by atoms with Gasteiger partial charge in [-0.15, -0.1) is 11.6 Å². The zero-order valence-electron chi connectivity index (χ0n) is 12.7. The predicted octanol–water partition coefficient (Wildman–Crippen LogP) is 0.141. The van der Waals surface area contributed by atoms with Gasteiger partial charge in [0.2, 0.25) is 0 Å². The Bertz CT molecular complexity index is 761. The van der Waals surface area contributed by atoms with E-state index in [1.165, 1.54) is 20.0 Å². The van der Waals surface area contributed by atoms with E-state index < -0.39 is 47.0 Å². The molecule has 0 aromatic carbocycles. The van der Waals surface area contributed by atoms with Crippen LogP contribution in [0.1, 0.15) is 20.1 Å². The van der Waals surface area contributed by atoms with Crippen LogP contribution < -0.4 is 11.2 Å². The number of H-pyrrole nitrogens is 1. The molecule has 132 valence electrons. The van der Waals surface area contributed by atoms with Crippen LogP contribution in [-0.2, 0) is 23.8 Å². The molecule has 4 atom stereocenters. The van der Waals surface area contributed by atoms with Crippen LogP contribution in [0.5, 0.6) is 0 Å². The number of aromatic amines is 1. The normalized spacial score (nSPS) is 26.2. The number of ether oxygens (including phenoxy) is 3. The highest BCUT2D eigenvalue weighted by molar-refractivity contribution is 14.1. The molecular weight excluding hydrogens is 459 g/mol. The molecule has 1 fully saturated rings. The first-order valence-corrected chi connectivity index (χ1v) is 8.33. The third-order valence-electron chi connectivity index (χ3n) is 3.22. The van der Waals surface area contributed by atoms with E-state index in [0.717, 1.165) is 4.57 Å². The summed E-state index contributed by atoms with van der Waals surface area (Å²) in [6, 6.07) is 0. The van der Waals surface area contributed by atoms with Crippen molar-refractivity contribution in [3.05, 3.63) is 30.6 Å². The molecule has 1 aliphatic rings. The summed E-state index contributed by atoms with van der Waals surface area (Å²) in [5.74, 6) is -1.13. The van der Waals surface area contributed by atoms with Crippen LogP contribution in [0.4, 0.5) is 0 Å². The van der Waals surface area contributed by atoms with Gasteiger partial charge in [-0.1, -0.05) is 0 Å². The van der Waals surface area contributed by atoms with E-state index in [1.54, 1.807) is 22.6 Å². The molecule has 0 bridgehead atoms. The van der Waals surface area contributed by atoms with Crippen LogP contribution in [0.3, 0.4) is 0 Å². The number of halogens is 2. The Morgan fingerprint density at radius 1 is 1.38 bits per heavy atom. The van der Waals surface area contributed by atoms with Crippen molar-refractivity contribution in [2.75, 3.05) is 6.61 Å². The maximum Gasteiger partial charge on any atom is 0.330 e. The van der Waals surface area contributed by atoms with Gasteiger partial charge in [-0.3, -0.25) is 23.9 Å². The summed E-state index contributed by atoms with van der Waals surface area (Å²) in [5.41, 5.74) is -1.25. The van der Waals surface area contributed by atoms with Gasteiger partial charge in [-0.25, -0.2) is 4.79 Å². The van der Waals surface area contributed by atoms with Gasteiger partial charge in [-0.05, 0) is 22.6 Å². The molecule has 0 radical (unpaired) electrons. The van der Waals surface area contributed by atoms with Crippen LogP contribution in [0.25, 0.3) is 0 Å². The minimum absolute atomic E-state index is 0.192. The van der Waals surface area contributed by atoms with Crippen molar-refractivity contribution in [2.45, 2.75) is 37.7 Å². The standard InChI is InChI=1S/C13H14ClIN2O7/c1-5(18)22-4-8-10(23-6(2)19)9(14)12(24-8)17-3-7(15)11(20)16-13(17)21/h3,8-10,12H,4H2,1-2H3,(H,16,20,21)/t8-,9+,10-,12-/m1/s1. The highest BCUT2D eigenvalue weighted by Gasteiger charge is 2.47. The average Bonchev–Trinajstić information content (AvgIpc) is 2.77. The Kier molecular flexibility index (Phi) is 6.04. The lowest BCUT2D eigenvalue weighted by atomic mass is 10.1. The van der Waals surface area contributed by atoms with E-state index in [2.05, 4.69) is 4.98 Å². The molecule has 1 saturated heterocycles. The van der Waals surface area contributed by atoms with E-state index in [-0.39, 0.29) is 10.2 Å². The summed E-state index contributed by atoms with van der Waals surface area (Å²) in [6.45, 7) is 2.23. The number of aromatic nitrogens is 2. The van der Waals surface area contributed by atoms with E-state index in [9.17, 15) is 19.2 Å². The van der Waals surface area contributed by atoms with Crippen LogP contribution in [0, 0.1) is 3.57 Å². The largest absolute Gasteiger partial charge is 0.463 e. The molecule has 1 N–H and O–H groups in total. The van der Waals surface area contributed by atoms with E-state index in [1.807, 2.05) is 0 Å². The Balaban J connectivity index is 2.33. The lowest BCUT2D eigenvalue weighted by molar-refractivity contribution is -0.155. The predicted molar refractivity (Wildman–Crippen MR) is 89.8 cm³/mol. The molecule has 9 nitrogen and oxygen atoms in total. The number of hydrogen-bond acceptors (Lipinski definition) is 7. The second-order valence-corrected chi connectivity index (χ2v) is 6.70. The molecule has 0 spiro atoms. The fourth-order valence-electron chi connectivity index (χ4n) is 2.23. The molecule has 2 heterocycles. The fraction of sp³-hybridized carbons (Fsp3) is 0.538. The summed E-state index contributed by atoms with van der Waals surface area (Å²) >= 11 is 8.06. The lowest BCUT2D eigenvalue weighted by Gasteiger charge is -2.19. The first-order chi connectivity index (χ1) is 11.2. The molecule has 1 aromatic heterocycles. The molecule has 0 amide bonds. The first kappa shape index (κ1) is 18.9. The SMILES string of the molecule is CC(=O)OC[C@H]1O[C@@H](n2cc(I)c(=O)[nH]c2=O)[C@@H](Cl)[C@@H]1OC(C)=O. The van der Waals surface area contributed by atoms with Crippen molar-refractivity contribution in [1.29, 1.82) is 0 Å². The Morgan fingerprint density at radius 2 is 2.04 bits per heavy atom. The number of esters is 2. The molecule has 1 aromatic rings. The molecule has 1 aliphatic heterocycles. The average molecular weight is 473 g/mol. The molecule has 24 heavy (non-hydrogen) atoms. The van der Waals surface area contributed by atoms with Gasteiger partial charge in [-0.2, -0.15) is 0 Å². The third-order valence-corrected chi connectivity index (χ3v) is 4.45. The zero-order valence-corrected chi connectivity index (χ0v) is 15.6. The van der Waals surface area contributed by atoms with E-state index in [4.69, 9.17) is 25.8 Å². The van der Waals surface area contributed by atoms with E-state index >= 15 is 0 Å². The van der Waals surface area contributed by atoms with Gasteiger partial charge in [0.1, 0.15) is 18.1 Å². The number of nitrogens with one attached hydrogen (secondary N) is 1. The van der Waals surface area contributed by atoms with Gasteiger partial charge in [0, 0.05) is 20.0 Å². The summed E-state index contributed by atoms with van der Waals surface area (Å²) in [7, 11) is 0. The van der Waals surface area contributed by atoms with Crippen molar-refractivity contribution < 1.29 is 23.8 Å². The second kappa shape index (κ2) is 7.66. The van der Waals surface area contributed by atoms with Crippen LogP contribution in [0.2, 0.25) is 0 Å². The summed E-state index contributed by atoms with van der Waals surface area (Å²) in [6.07, 6.45) is -1.48. The number of rotatable bonds is 4. The van der Waals surface area contributed by atoms with Crippen LogP contribution >= 0.6 is 34.2 Å². The maximum absolute atomic E-state index is 12.0. The van der Waals surface area contributed by atoms with Gasteiger partial charge < -0.3 is 14.2 Å². The highest BCUT2D eigenvalue weighted by Crippen LogP contribution is 2.35. The van der Waals surface area contributed by atoms with E-state index in [0.29, 0.717) is 0 Å². The molecule has 0 saturated carbocycles. The first-order valence-electron chi connectivity index (χ1n) is 6.81. The minimum atomic E-state index is -1.01. The molecule has 2 rings (SSSR count). The lowest BCUT2D eigenvalue weighted by Crippen LogP contribution is -2.38. The highest BCUT2D eigenvalue weighted by atomic mass is 127. The van der Waals surface area contributed by atoms with Gasteiger partial charge in [0.25, 0.3) is 5.56 Å². The number of nitrogens with zero attached hydrogens (tertiary/aromatic N) is 1. The van der Waals surface area contributed by atoms with Crippen LogP contribution in [-0.4, -0.2) is 45.7 Å². The Morgan fingerprint density at radius 3 is 2.62 bits per heavy atom. The third kappa shape index (κ3) is 4.16. The molecular formula is C13H14ClIN2O7. The zero-order chi connectivity index (χ0) is 18.0. The number of hydrogen-bond donors (Lipinski definition) is 1. The smallest absolute Gasteiger partial charge is 0.330 e. The summed E-state index contributed by atoms with van der Waals surface area (Å²) in [4.78, 5) is 47.9. The van der Waals surface area contributed by atoms with Gasteiger partial charge in [0.05, 0.1) is 3.57 Å². The monoisotopic (exact) mass is 472 g/mol. The number of carbonyl (C=O) groups excluding carboxylic acids is 2. The Labute approximate surface area is 154 Å².